The van der Waals surface area contributed by atoms with E-state index in [1.54, 1.807) is 36.0 Å². The molecule has 0 atom stereocenters. The van der Waals surface area contributed by atoms with Crippen molar-refractivity contribution in [1.82, 2.24) is 9.78 Å². The lowest BCUT2D eigenvalue weighted by molar-refractivity contribution is 0.102. The van der Waals surface area contributed by atoms with Crippen LogP contribution >= 0.6 is 27.5 Å². The van der Waals surface area contributed by atoms with Crippen molar-refractivity contribution < 1.29 is 4.79 Å². The van der Waals surface area contributed by atoms with Gasteiger partial charge in [-0.3, -0.25) is 9.48 Å². The van der Waals surface area contributed by atoms with Gasteiger partial charge in [0.1, 0.15) is 5.82 Å². The third kappa shape index (κ3) is 2.73. The summed E-state index contributed by atoms with van der Waals surface area (Å²) in [6.45, 7) is 1.86. The van der Waals surface area contributed by atoms with Gasteiger partial charge >= 0.3 is 0 Å². The van der Waals surface area contributed by atoms with Gasteiger partial charge in [-0.1, -0.05) is 27.5 Å². The number of aryl methyl sites for hydroxylation is 2. The Bertz CT molecular complexity index is 609. The Morgan fingerprint density at radius 3 is 2.72 bits per heavy atom. The minimum absolute atomic E-state index is 0.254. The van der Waals surface area contributed by atoms with E-state index in [0.29, 0.717) is 16.4 Å². The van der Waals surface area contributed by atoms with Crippen LogP contribution in [0, 0.1) is 6.92 Å². The molecule has 0 saturated heterocycles. The van der Waals surface area contributed by atoms with E-state index >= 15 is 0 Å². The quantitative estimate of drug-likeness (QED) is 0.918. The monoisotopic (exact) mass is 327 g/mol. The summed E-state index contributed by atoms with van der Waals surface area (Å²) in [5.74, 6) is 0.381. The van der Waals surface area contributed by atoms with Crippen LogP contribution < -0.4 is 5.32 Å². The number of hydrogen-bond donors (Lipinski definition) is 1. The third-order valence-electron chi connectivity index (χ3n) is 2.42. The number of nitrogens with zero attached hydrogens (tertiary/aromatic N) is 2. The van der Waals surface area contributed by atoms with E-state index in [1.165, 1.54) is 0 Å². The Morgan fingerprint density at radius 1 is 1.44 bits per heavy atom. The molecule has 94 valence electrons. The highest BCUT2D eigenvalue weighted by Crippen LogP contribution is 2.22. The zero-order valence-corrected chi connectivity index (χ0v) is 12.2. The van der Waals surface area contributed by atoms with Crippen LogP contribution in [0.25, 0.3) is 0 Å². The molecule has 6 heteroatoms. The highest BCUT2D eigenvalue weighted by atomic mass is 79.9. The van der Waals surface area contributed by atoms with E-state index in [0.717, 1.165) is 10.2 Å². The first-order chi connectivity index (χ1) is 8.47. The Balaban J connectivity index is 2.24. The lowest BCUT2D eigenvalue weighted by Gasteiger charge is -2.06. The molecule has 0 aliphatic carbocycles. The fourth-order valence-corrected chi connectivity index (χ4v) is 2.34. The molecule has 0 spiro atoms. The maximum absolute atomic E-state index is 12.1. The van der Waals surface area contributed by atoms with E-state index < -0.39 is 0 Å². The van der Waals surface area contributed by atoms with Gasteiger partial charge in [0.25, 0.3) is 5.91 Å². The minimum Gasteiger partial charge on any atom is -0.307 e. The summed E-state index contributed by atoms with van der Waals surface area (Å²) in [6.07, 6.45) is 0. The highest BCUT2D eigenvalue weighted by molar-refractivity contribution is 9.10. The third-order valence-corrected chi connectivity index (χ3v) is 3.23. The standard InChI is InChI=1S/C12H11BrClN3O/c1-7-5-11(17(2)16-7)15-12(18)9-4-3-8(13)6-10(9)14/h3-6H,1-2H3,(H,15,18). The number of hydrogen-bond acceptors (Lipinski definition) is 2. The molecule has 1 amide bonds. The first kappa shape index (κ1) is 13.1. The molecule has 1 heterocycles. The van der Waals surface area contributed by atoms with Crippen LogP contribution in [0.4, 0.5) is 5.82 Å². The average Bonchev–Trinajstić information content (AvgIpc) is 2.57. The second-order valence-corrected chi connectivity index (χ2v) is 5.20. The normalized spacial score (nSPS) is 10.4. The zero-order chi connectivity index (χ0) is 13.3. The van der Waals surface area contributed by atoms with E-state index in [9.17, 15) is 4.79 Å². The van der Waals surface area contributed by atoms with Crippen LogP contribution in [0.1, 0.15) is 16.1 Å². The summed E-state index contributed by atoms with van der Waals surface area (Å²) in [5.41, 5.74) is 1.27. The molecule has 0 aliphatic rings. The van der Waals surface area contributed by atoms with Crippen molar-refractivity contribution in [3.05, 3.63) is 45.0 Å². The topological polar surface area (TPSA) is 46.9 Å². The van der Waals surface area contributed by atoms with Crippen molar-refractivity contribution in [2.45, 2.75) is 6.92 Å². The summed E-state index contributed by atoms with van der Waals surface area (Å²) in [5, 5.41) is 7.33. The van der Waals surface area contributed by atoms with Gasteiger partial charge < -0.3 is 5.32 Å². The van der Waals surface area contributed by atoms with Crippen LogP contribution in [0.15, 0.2) is 28.7 Å². The first-order valence-corrected chi connectivity index (χ1v) is 6.41. The van der Waals surface area contributed by atoms with E-state index in [4.69, 9.17) is 11.6 Å². The molecule has 2 aromatic rings. The highest BCUT2D eigenvalue weighted by Gasteiger charge is 2.12. The van der Waals surface area contributed by atoms with Gasteiger partial charge in [-0.15, -0.1) is 0 Å². The molecule has 1 N–H and O–H groups in total. The average molecular weight is 329 g/mol. The smallest absolute Gasteiger partial charge is 0.258 e. The molecule has 0 unspecified atom stereocenters. The first-order valence-electron chi connectivity index (χ1n) is 5.24. The van der Waals surface area contributed by atoms with Gasteiger partial charge in [0.05, 0.1) is 16.3 Å². The number of carbonyl (C=O) groups excluding carboxylic acids is 1. The van der Waals surface area contributed by atoms with Gasteiger partial charge in [0.2, 0.25) is 0 Å². The summed E-state index contributed by atoms with van der Waals surface area (Å²) < 4.78 is 2.44. The molecule has 2 rings (SSSR count). The molecule has 0 radical (unpaired) electrons. The van der Waals surface area contributed by atoms with E-state index in [-0.39, 0.29) is 5.91 Å². The van der Waals surface area contributed by atoms with Crippen LogP contribution in [0.3, 0.4) is 0 Å². The fourth-order valence-electron chi connectivity index (χ4n) is 1.58. The van der Waals surface area contributed by atoms with Gasteiger partial charge in [0.15, 0.2) is 0 Å². The molecule has 0 fully saturated rings. The summed E-state index contributed by atoms with van der Waals surface area (Å²) >= 11 is 9.32. The predicted molar refractivity (Wildman–Crippen MR) is 75.1 cm³/mol. The van der Waals surface area contributed by atoms with Crippen molar-refractivity contribution in [3.63, 3.8) is 0 Å². The van der Waals surface area contributed by atoms with Crippen molar-refractivity contribution in [2.75, 3.05) is 5.32 Å². The Hall–Kier alpha value is -1.33. The number of carbonyl (C=O) groups is 1. The van der Waals surface area contributed by atoms with Crippen LogP contribution in [0.2, 0.25) is 5.02 Å². The fraction of sp³-hybridized carbons (Fsp3) is 0.167. The lowest BCUT2D eigenvalue weighted by Crippen LogP contribution is -2.14. The number of anilines is 1. The molecule has 0 bridgehead atoms. The van der Waals surface area contributed by atoms with Gasteiger partial charge in [-0.05, 0) is 25.1 Å². The van der Waals surface area contributed by atoms with Gasteiger partial charge in [0, 0.05) is 17.6 Å². The second kappa shape index (κ2) is 5.12. The maximum Gasteiger partial charge on any atom is 0.258 e. The SMILES string of the molecule is Cc1cc(NC(=O)c2ccc(Br)cc2Cl)n(C)n1. The maximum atomic E-state index is 12.1. The lowest BCUT2D eigenvalue weighted by atomic mass is 10.2. The molecular formula is C12H11BrClN3O. The van der Waals surface area contributed by atoms with Crippen molar-refractivity contribution in [2.24, 2.45) is 7.05 Å². The molecule has 0 aliphatic heterocycles. The Morgan fingerprint density at radius 2 is 2.17 bits per heavy atom. The minimum atomic E-state index is -0.254. The van der Waals surface area contributed by atoms with Crippen LogP contribution in [-0.2, 0) is 7.05 Å². The summed E-state index contributed by atoms with van der Waals surface area (Å²) in [4.78, 5) is 12.1. The number of benzene rings is 1. The van der Waals surface area contributed by atoms with Gasteiger partial charge in [-0.25, -0.2) is 0 Å². The van der Waals surface area contributed by atoms with Gasteiger partial charge in [-0.2, -0.15) is 5.10 Å². The number of nitrogens with one attached hydrogen (secondary N) is 1. The molecule has 4 nitrogen and oxygen atoms in total. The molecule has 1 aromatic carbocycles. The summed E-state index contributed by atoms with van der Waals surface area (Å²) in [7, 11) is 1.77. The van der Waals surface area contributed by atoms with Crippen LogP contribution in [-0.4, -0.2) is 15.7 Å². The second-order valence-electron chi connectivity index (χ2n) is 3.87. The van der Waals surface area contributed by atoms with E-state index in [2.05, 4.69) is 26.3 Å². The van der Waals surface area contributed by atoms with Crippen molar-refractivity contribution >= 4 is 39.3 Å². The predicted octanol–water partition coefficient (Wildman–Crippen LogP) is 3.40. The van der Waals surface area contributed by atoms with Crippen LogP contribution in [0.5, 0.6) is 0 Å². The number of rotatable bonds is 2. The Labute approximate surface area is 118 Å². The zero-order valence-electron chi connectivity index (χ0n) is 9.87. The number of amides is 1. The van der Waals surface area contributed by atoms with Crippen molar-refractivity contribution in [1.29, 1.82) is 0 Å². The summed E-state index contributed by atoms with van der Waals surface area (Å²) in [6, 6.07) is 6.93. The number of halogens is 2. The van der Waals surface area contributed by atoms with E-state index in [1.807, 2.05) is 6.92 Å². The number of aromatic nitrogens is 2. The molecule has 1 aromatic heterocycles. The molecule has 18 heavy (non-hydrogen) atoms. The molecule has 0 saturated carbocycles. The molecular weight excluding hydrogens is 318 g/mol. The van der Waals surface area contributed by atoms with Crippen molar-refractivity contribution in [3.8, 4) is 0 Å². The largest absolute Gasteiger partial charge is 0.307 e. The Kier molecular flexibility index (Phi) is 3.73.